The van der Waals surface area contributed by atoms with Crippen LogP contribution >= 0.6 is 0 Å². The molecule has 2 amide bonds. The van der Waals surface area contributed by atoms with Crippen molar-refractivity contribution in [3.05, 3.63) is 34.9 Å². The molecule has 0 saturated heterocycles. The summed E-state index contributed by atoms with van der Waals surface area (Å²) in [6.45, 7) is 7.46. The van der Waals surface area contributed by atoms with Crippen LogP contribution in [0.5, 0.6) is 0 Å². The lowest BCUT2D eigenvalue weighted by atomic mass is 10.1. The van der Waals surface area contributed by atoms with Gasteiger partial charge in [0.25, 0.3) is 5.91 Å². The summed E-state index contributed by atoms with van der Waals surface area (Å²) in [6, 6.07) is 5.72. The third-order valence-electron chi connectivity index (χ3n) is 3.33. The van der Waals surface area contributed by atoms with Gasteiger partial charge in [-0.25, -0.2) is 0 Å². The van der Waals surface area contributed by atoms with Gasteiger partial charge in [-0.05, 0) is 44.0 Å². The van der Waals surface area contributed by atoms with Crippen LogP contribution < -0.4 is 10.6 Å². The van der Waals surface area contributed by atoms with Gasteiger partial charge in [0.1, 0.15) is 0 Å². The first-order valence-electron chi connectivity index (χ1n) is 7.15. The lowest BCUT2D eigenvalue weighted by molar-refractivity contribution is -0.122. The molecule has 0 aliphatic carbocycles. The minimum absolute atomic E-state index is 0.0610. The zero-order chi connectivity index (χ0) is 15.6. The Morgan fingerprint density at radius 3 is 2.57 bits per heavy atom. The summed E-state index contributed by atoms with van der Waals surface area (Å²) in [5.41, 5.74) is 2.73. The summed E-state index contributed by atoms with van der Waals surface area (Å²) >= 11 is 0. The average molecular weight is 289 g/mol. The second-order valence-electron chi connectivity index (χ2n) is 6.55. The van der Waals surface area contributed by atoms with Gasteiger partial charge in [0.2, 0.25) is 5.91 Å². The molecule has 5 nitrogen and oxygen atoms in total. The number of carbonyl (C=O) groups is 2. The van der Waals surface area contributed by atoms with Crippen molar-refractivity contribution in [1.82, 2.24) is 15.5 Å². The first kappa shape index (κ1) is 15.5. The normalized spacial score (nSPS) is 13.7. The molecule has 114 valence electrons. The van der Waals surface area contributed by atoms with E-state index in [-0.39, 0.29) is 23.9 Å². The van der Waals surface area contributed by atoms with Crippen LogP contribution in [0.4, 0.5) is 0 Å². The lowest BCUT2D eigenvalue weighted by Gasteiger charge is -2.23. The minimum atomic E-state index is -0.291. The van der Waals surface area contributed by atoms with Gasteiger partial charge >= 0.3 is 0 Å². The Labute approximate surface area is 125 Å². The zero-order valence-corrected chi connectivity index (χ0v) is 13.1. The van der Waals surface area contributed by atoms with Gasteiger partial charge in [0.15, 0.2) is 0 Å². The molecule has 1 aliphatic rings. The lowest BCUT2D eigenvalue weighted by Crippen LogP contribution is -2.46. The van der Waals surface area contributed by atoms with E-state index in [4.69, 9.17) is 0 Å². The van der Waals surface area contributed by atoms with Crippen molar-refractivity contribution in [2.24, 2.45) is 0 Å². The van der Waals surface area contributed by atoms with Crippen molar-refractivity contribution in [2.75, 3.05) is 13.6 Å². The van der Waals surface area contributed by atoms with Crippen molar-refractivity contribution in [3.63, 3.8) is 0 Å². The maximum absolute atomic E-state index is 12.4. The monoisotopic (exact) mass is 289 g/mol. The zero-order valence-electron chi connectivity index (χ0n) is 13.1. The number of hydrogen-bond acceptors (Lipinski definition) is 3. The Morgan fingerprint density at radius 2 is 1.90 bits per heavy atom. The Kier molecular flexibility index (Phi) is 4.32. The highest BCUT2D eigenvalue weighted by molar-refractivity contribution is 5.96. The average Bonchev–Trinajstić information content (AvgIpc) is 2.82. The molecule has 0 saturated carbocycles. The minimum Gasteiger partial charge on any atom is -0.350 e. The van der Waals surface area contributed by atoms with E-state index in [2.05, 4.69) is 10.6 Å². The number of hydrogen-bond donors (Lipinski definition) is 2. The van der Waals surface area contributed by atoms with E-state index in [1.165, 1.54) is 10.5 Å². The van der Waals surface area contributed by atoms with Crippen molar-refractivity contribution in [2.45, 2.75) is 39.4 Å². The van der Waals surface area contributed by atoms with Gasteiger partial charge in [-0.1, -0.05) is 6.07 Å². The molecular weight excluding hydrogens is 266 g/mol. The van der Waals surface area contributed by atoms with Crippen LogP contribution in [-0.4, -0.2) is 35.8 Å². The van der Waals surface area contributed by atoms with Gasteiger partial charge < -0.3 is 15.5 Å². The smallest absolute Gasteiger partial charge is 0.254 e. The summed E-state index contributed by atoms with van der Waals surface area (Å²) in [6.07, 6.45) is 0. The van der Waals surface area contributed by atoms with Crippen LogP contribution in [0.15, 0.2) is 18.2 Å². The topological polar surface area (TPSA) is 61.4 Å². The second kappa shape index (κ2) is 5.85. The highest BCUT2D eigenvalue weighted by Gasteiger charge is 2.20. The van der Waals surface area contributed by atoms with Gasteiger partial charge in [-0.3, -0.25) is 9.59 Å². The predicted octanol–water partition coefficient (Wildman–Crippen LogP) is 1.28. The predicted molar refractivity (Wildman–Crippen MR) is 81.8 cm³/mol. The van der Waals surface area contributed by atoms with E-state index in [9.17, 15) is 9.59 Å². The fourth-order valence-electron chi connectivity index (χ4n) is 2.39. The van der Waals surface area contributed by atoms with E-state index < -0.39 is 0 Å². The number of fused-ring (bicyclic) bond motifs is 1. The number of nitrogens with zero attached hydrogens (tertiary/aromatic N) is 1. The van der Waals surface area contributed by atoms with Gasteiger partial charge in [0, 0.05) is 31.2 Å². The molecule has 0 bridgehead atoms. The molecule has 1 heterocycles. The Morgan fingerprint density at radius 1 is 1.24 bits per heavy atom. The molecular formula is C16H23N3O2. The van der Waals surface area contributed by atoms with E-state index in [0.29, 0.717) is 5.56 Å². The Hall–Kier alpha value is -1.88. The quantitative estimate of drug-likeness (QED) is 0.881. The molecule has 0 fully saturated rings. The molecule has 2 N–H and O–H groups in total. The summed E-state index contributed by atoms with van der Waals surface area (Å²) in [7, 11) is 1.65. The molecule has 0 aromatic heterocycles. The SMILES string of the molecule is CN(CC(=O)NC(C)(C)C)C(=O)c1ccc2c(c1)CNC2. The molecule has 0 radical (unpaired) electrons. The van der Waals surface area contributed by atoms with Crippen molar-refractivity contribution in [1.29, 1.82) is 0 Å². The molecule has 1 aromatic rings. The van der Waals surface area contributed by atoms with Crippen LogP contribution in [0.3, 0.4) is 0 Å². The van der Waals surface area contributed by atoms with E-state index in [1.54, 1.807) is 7.05 Å². The van der Waals surface area contributed by atoms with Crippen LogP contribution in [0.25, 0.3) is 0 Å². The molecule has 21 heavy (non-hydrogen) atoms. The molecule has 2 rings (SSSR count). The Bertz CT molecular complexity index is 561. The number of rotatable bonds is 3. The van der Waals surface area contributed by atoms with Gasteiger partial charge in [-0.2, -0.15) is 0 Å². The molecule has 5 heteroatoms. The fourth-order valence-corrected chi connectivity index (χ4v) is 2.39. The summed E-state index contributed by atoms with van der Waals surface area (Å²) in [5.74, 6) is -0.282. The number of likely N-dealkylation sites (N-methyl/N-ethyl adjacent to an activating group) is 1. The van der Waals surface area contributed by atoms with Crippen molar-refractivity contribution in [3.8, 4) is 0 Å². The number of benzene rings is 1. The second-order valence-corrected chi connectivity index (χ2v) is 6.55. The first-order valence-corrected chi connectivity index (χ1v) is 7.15. The highest BCUT2D eigenvalue weighted by atomic mass is 16.2. The van der Waals surface area contributed by atoms with E-state index >= 15 is 0 Å². The van der Waals surface area contributed by atoms with Gasteiger partial charge in [0.05, 0.1) is 6.54 Å². The number of nitrogens with one attached hydrogen (secondary N) is 2. The highest BCUT2D eigenvalue weighted by Crippen LogP contribution is 2.17. The summed E-state index contributed by atoms with van der Waals surface area (Å²) in [4.78, 5) is 25.7. The largest absolute Gasteiger partial charge is 0.350 e. The van der Waals surface area contributed by atoms with Crippen LogP contribution in [0, 0.1) is 0 Å². The summed E-state index contributed by atoms with van der Waals surface area (Å²) < 4.78 is 0. The van der Waals surface area contributed by atoms with Gasteiger partial charge in [-0.15, -0.1) is 0 Å². The summed E-state index contributed by atoms with van der Waals surface area (Å²) in [5, 5.41) is 6.11. The maximum atomic E-state index is 12.4. The van der Waals surface area contributed by atoms with E-state index in [1.807, 2.05) is 39.0 Å². The number of amides is 2. The third kappa shape index (κ3) is 4.04. The maximum Gasteiger partial charge on any atom is 0.254 e. The Balaban J connectivity index is 2.01. The molecule has 0 atom stereocenters. The first-order chi connectivity index (χ1) is 9.76. The molecule has 0 unspecified atom stereocenters. The van der Waals surface area contributed by atoms with Crippen molar-refractivity contribution >= 4 is 11.8 Å². The van der Waals surface area contributed by atoms with Crippen LogP contribution in [0.2, 0.25) is 0 Å². The number of carbonyl (C=O) groups excluding carboxylic acids is 2. The third-order valence-corrected chi connectivity index (χ3v) is 3.33. The standard InChI is InChI=1S/C16H23N3O2/c1-16(2,3)18-14(20)10-19(4)15(21)11-5-6-12-8-17-9-13(12)7-11/h5-7,17H,8-10H2,1-4H3,(H,18,20). The fraction of sp³-hybridized carbons (Fsp3) is 0.500. The molecule has 0 spiro atoms. The van der Waals surface area contributed by atoms with Crippen molar-refractivity contribution < 1.29 is 9.59 Å². The van der Waals surface area contributed by atoms with Crippen LogP contribution in [0.1, 0.15) is 42.3 Å². The molecule has 1 aromatic carbocycles. The van der Waals surface area contributed by atoms with E-state index in [0.717, 1.165) is 18.7 Å². The molecule has 1 aliphatic heterocycles. The van der Waals surface area contributed by atoms with Crippen LogP contribution in [-0.2, 0) is 17.9 Å².